The third-order valence-corrected chi connectivity index (χ3v) is 1.03. The number of hydrogen-bond acceptors (Lipinski definition) is 5. The summed E-state index contributed by atoms with van der Waals surface area (Å²) < 4.78 is 8.55. The summed E-state index contributed by atoms with van der Waals surface area (Å²) >= 11 is 0. The second kappa shape index (κ2) is 13.6. The summed E-state index contributed by atoms with van der Waals surface area (Å²) in [6, 6.07) is 7.09. The van der Waals surface area contributed by atoms with E-state index in [9.17, 15) is 0 Å². The molecule has 0 aliphatic heterocycles. The van der Waals surface area contributed by atoms with Crippen LogP contribution in [0.25, 0.3) is 0 Å². The summed E-state index contributed by atoms with van der Waals surface area (Å²) in [5.41, 5.74) is 1.17. The van der Waals surface area contributed by atoms with Crippen molar-refractivity contribution in [3.63, 3.8) is 0 Å². The van der Waals surface area contributed by atoms with Crippen molar-refractivity contribution in [2.75, 3.05) is 0 Å². The maximum atomic E-state index is 8.76. The van der Waals surface area contributed by atoms with Gasteiger partial charge in [0.2, 0.25) is 0 Å². The molecule has 5 nitrogen and oxygen atoms in total. The fourth-order valence-electron chi connectivity index (χ4n) is 0.545. The van der Waals surface area contributed by atoms with Crippen molar-refractivity contribution in [1.82, 2.24) is 0 Å². The van der Waals surface area contributed by atoms with Crippen LogP contribution in [0.1, 0.15) is 5.56 Å². The van der Waals surface area contributed by atoms with Gasteiger partial charge in [0.05, 0.1) is 0 Å². The van der Waals surface area contributed by atoms with Crippen molar-refractivity contribution in [3.05, 3.63) is 29.8 Å². The van der Waals surface area contributed by atoms with Crippen LogP contribution in [0.2, 0.25) is 0 Å². The SMILES string of the molecule is Cc1ccc(O)cc1.O=P([O-])([O-])[O-].[Na+].[Na+].[Na+]. The van der Waals surface area contributed by atoms with Crippen LogP contribution in [-0.2, 0) is 4.57 Å². The van der Waals surface area contributed by atoms with Gasteiger partial charge in [0, 0.05) is 0 Å². The van der Waals surface area contributed by atoms with E-state index in [2.05, 4.69) is 0 Å². The molecule has 9 heteroatoms. The van der Waals surface area contributed by atoms with Crippen LogP contribution >= 0.6 is 7.82 Å². The van der Waals surface area contributed by atoms with Gasteiger partial charge in [-0.3, -0.25) is 0 Å². The van der Waals surface area contributed by atoms with E-state index in [0.29, 0.717) is 5.75 Å². The van der Waals surface area contributed by atoms with Crippen molar-refractivity contribution >= 4 is 7.82 Å². The van der Waals surface area contributed by atoms with Crippen LogP contribution in [0.15, 0.2) is 24.3 Å². The Bertz CT molecular complexity index is 270. The summed E-state index contributed by atoms with van der Waals surface area (Å²) in [4.78, 5) is 25.6. The Morgan fingerprint density at radius 3 is 1.44 bits per heavy atom. The quantitative estimate of drug-likeness (QED) is 0.373. The van der Waals surface area contributed by atoms with E-state index in [0.717, 1.165) is 0 Å². The van der Waals surface area contributed by atoms with Crippen LogP contribution in [0.3, 0.4) is 0 Å². The van der Waals surface area contributed by atoms with Crippen molar-refractivity contribution in [2.24, 2.45) is 0 Å². The van der Waals surface area contributed by atoms with Gasteiger partial charge in [-0.2, -0.15) is 7.82 Å². The Morgan fingerprint density at radius 2 is 1.25 bits per heavy atom. The van der Waals surface area contributed by atoms with Gasteiger partial charge in [0.25, 0.3) is 0 Å². The minimum atomic E-state index is -5.39. The summed E-state index contributed by atoms with van der Waals surface area (Å²) in [5, 5.41) is 8.76. The molecule has 0 atom stereocenters. The summed E-state index contributed by atoms with van der Waals surface area (Å²) in [6.07, 6.45) is 0. The van der Waals surface area contributed by atoms with Gasteiger partial charge >= 0.3 is 88.7 Å². The minimum Gasteiger partial charge on any atom is -0.822 e. The maximum Gasteiger partial charge on any atom is 1.00 e. The van der Waals surface area contributed by atoms with E-state index in [1.54, 1.807) is 12.1 Å². The Hall–Kier alpha value is 2.13. The Labute approximate surface area is 161 Å². The van der Waals surface area contributed by atoms with Gasteiger partial charge in [-0.05, 0) is 19.1 Å². The fourth-order valence-corrected chi connectivity index (χ4v) is 0.545. The number of aryl methyl sites for hydroxylation is 1. The first kappa shape index (κ1) is 26.6. The molecule has 0 aromatic heterocycles. The normalized spacial score (nSPS) is 8.25. The first-order valence-electron chi connectivity index (χ1n) is 3.28. The molecule has 0 saturated heterocycles. The second-order valence-electron chi connectivity index (χ2n) is 2.28. The van der Waals surface area contributed by atoms with Gasteiger partial charge in [0.1, 0.15) is 5.75 Å². The molecule has 0 unspecified atom stereocenters. The topological polar surface area (TPSA) is 106 Å². The van der Waals surface area contributed by atoms with E-state index in [-0.39, 0.29) is 88.7 Å². The molecule has 16 heavy (non-hydrogen) atoms. The third kappa shape index (κ3) is 25.1. The van der Waals surface area contributed by atoms with E-state index in [1.807, 2.05) is 19.1 Å². The predicted octanol–water partition coefficient (Wildman–Crippen LogP) is -10.1. The zero-order chi connectivity index (χ0) is 10.5. The van der Waals surface area contributed by atoms with Crippen LogP contribution in [0, 0.1) is 6.92 Å². The molecule has 0 aliphatic rings. The van der Waals surface area contributed by atoms with Gasteiger partial charge in [-0.1, -0.05) is 17.7 Å². The number of phenols is 1. The number of rotatable bonds is 0. The van der Waals surface area contributed by atoms with Crippen molar-refractivity contribution in [2.45, 2.75) is 6.92 Å². The molecule has 1 N–H and O–H groups in total. The maximum absolute atomic E-state index is 8.76. The van der Waals surface area contributed by atoms with Crippen LogP contribution in [0.5, 0.6) is 5.75 Å². The number of phosphoric acid groups is 1. The molecule has 0 amide bonds. The Morgan fingerprint density at radius 1 is 1.00 bits per heavy atom. The number of benzene rings is 1. The standard InChI is InChI=1S/C7H8O.3Na.H3O4P/c1-6-2-4-7(8)5-3-6;;;;1-5(2,3)4/h2-5,8H,1H3;;;;(H3,1,2,3,4)/q;3*+1;/p-3. The monoisotopic (exact) mass is 272 g/mol. The molecule has 0 aliphatic carbocycles. The van der Waals surface area contributed by atoms with Gasteiger partial charge in [-0.15, -0.1) is 0 Å². The average molecular weight is 272 g/mol. The number of phenolic OH excluding ortho intramolecular Hbond substituents is 1. The summed E-state index contributed by atoms with van der Waals surface area (Å²) in [7, 11) is -5.39. The zero-order valence-corrected chi connectivity index (χ0v) is 16.7. The third-order valence-electron chi connectivity index (χ3n) is 1.03. The molecule has 0 heterocycles. The molecule has 0 spiro atoms. The molecule has 74 valence electrons. The molecule has 0 saturated carbocycles. The first-order chi connectivity index (χ1) is 5.79. The number of hydrogen-bond donors (Lipinski definition) is 1. The molecule has 0 bridgehead atoms. The van der Waals surface area contributed by atoms with Crippen LogP contribution in [-0.4, -0.2) is 5.11 Å². The minimum absolute atomic E-state index is 0. The van der Waals surface area contributed by atoms with Crippen molar-refractivity contribution < 1.29 is 113 Å². The Balaban J connectivity index is -0.0000000818. The van der Waals surface area contributed by atoms with E-state index >= 15 is 0 Å². The number of aromatic hydroxyl groups is 1. The summed E-state index contributed by atoms with van der Waals surface area (Å²) in [6.45, 7) is 1.99. The predicted molar refractivity (Wildman–Crippen MR) is 40.5 cm³/mol. The molecular weight excluding hydrogens is 264 g/mol. The van der Waals surface area contributed by atoms with E-state index < -0.39 is 7.82 Å². The van der Waals surface area contributed by atoms with Gasteiger partial charge in [-0.25, -0.2) is 0 Å². The smallest absolute Gasteiger partial charge is 0.822 e. The van der Waals surface area contributed by atoms with Gasteiger partial charge in [0.15, 0.2) is 0 Å². The first-order valence-corrected chi connectivity index (χ1v) is 4.74. The second-order valence-corrected chi connectivity index (χ2v) is 3.18. The van der Waals surface area contributed by atoms with Crippen LogP contribution in [0.4, 0.5) is 0 Å². The molecule has 1 aromatic rings. The van der Waals surface area contributed by atoms with Crippen molar-refractivity contribution in [3.8, 4) is 5.75 Å². The van der Waals surface area contributed by atoms with E-state index in [1.165, 1.54) is 5.56 Å². The largest absolute Gasteiger partial charge is 1.00 e. The van der Waals surface area contributed by atoms with Crippen LogP contribution < -0.4 is 103 Å². The molecule has 0 radical (unpaired) electrons. The average Bonchev–Trinajstić information content (AvgIpc) is 1.92. The summed E-state index contributed by atoms with van der Waals surface area (Å²) in [5.74, 6) is 0.329. The van der Waals surface area contributed by atoms with E-state index in [4.69, 9.17) is 24.4 Å². The van der Waals surface area contributed by atoms with Gasteiger partial charge < -0.3 is 24.4 Å². The molecule has 0 fully saturated rings. The van der Waals surface area contributed by atoms with Crippen molar-refractivity contribution in [1.29, 1.82) is 0 Å². The molecular formula is C7H8Na3O5P. The molecule has 1 rings (SSSR count). The molecule has 1 aromatic carbocycles. The zero-order valence-electron chi connectivity index (χ0n) is 9.84. The Kier molecular flexibility index (Phi) is 22.6. The fraction of sp³-hybridized carbons (Fsp3) is 0.143.